The van der Waals surface area contributed by atoms with Gasteiger partial charge in [-0.25, -0.2) is 8.42 Å². The fourth-order valence-corrected chi connectivity index (χ4v) is 3.25. The van der Waals surface area contributed by atoms with Crippen molar-refractivity contribution in [3.8, 4) is 0 Å². The fourth-order valence-electron chi connectivity index (χ4n) is 1.82. The molecule has 1 aromatic carbocycles. The molecule has 0 saturated heterocycles. The summed E-state index contributed by atoms with van der Waals surface area (Å²) in [6.07, 6.45) is -0.560. The summed E-state index contributed by atoms with van der Waals surface area (Å²) in [5.74, 6) is -1.52. The average molecular weight is 269 g/mol. The van der Waals surface area contributed by atoms with Crippen LogP contribution in [0.4, 0.5) is 0 Å². The van der Waals surface area contributed by atoms with Gasteiger partial charge in [0.05, 0.1) is 17.0 Å². The zero-order valence-electron chi connectivity index (χ0n) is 9.49. The summed E-state index contributed by atoms with van der Waals surface area (Å²) >= 11 is 0. The molecule has 7 heteroatoms. The third-order valence-corrected chi connectivity index (χ3v) is 4.61. The zero-order chi connectivity index (χ0) is 13.5. The maximum absolute atomic E-state index is 12.1. The molecule has 0 spiro atoms. The number of carboxylic acid groups (broad SMARTS) is 1. The number of hydrogen-bond acceptors (Lipinski definition) is 4. The lowest BCUT2D eigenvalue weighted by Gasteiger charge is -2.28. The van der Waals surface area contributed by atoms with Gasteiger partial charge in [0, 0.05) is 12.6 Å². The van der Waals surface area contributed by atoms with E-state index in [1.165, 1.54) is 19.2 Å². The summed E-state index contributed by atoms with van der Waals surface area (Å²) in [6, 6.07) is 5.93. The molecule has 0 fully saturated rings. The highest BCUT2D eigenvalue weighted by molar-refractivity contribution is 7.89. The van der Waals surface area contributed by atoms with Crippen molar-refractivity contribution in [2.75, 3.05) is 7.05 Å². The lowest BCUT2D eigenvalue weighted by atomic mass is 10.1. The van der Waals surface area contributed by atoms with Gasteiger partial charge in [-0.1, -0.05) is 12.1 Å². The van der Waals surface area contributed by atoms with Gasteiger partial charge < -0.3 is 10.2 Å². The van der Waals surface area contributed by atoms with Crippen molar-refractivity contribution in [2.45, 2.75) is 11.3 Å². The van der Waals surface area contributed by atoms with Crippen molar-refractivity contribution in [3.63, 3.8) is 0 Å². The molecule has 0 aliphatic carbocycles. The first kappa shape index (κ1) is 12.4. The normalized spacial score (nSPS) is 17.5. The predicted molar refractivity (Wildman–Crippen MR) is 63.2 cm³/mol. The fraction of sp³-hybridized carbons (Fsp3) is 0.182. The first-order valence-electron chi connectivity index (χ1n) is 5.08. The Bertz CT molecular complexity index is 647. The second-order valence-electron chi connectivity index (χ2n) is 3.83. The van der Waals surface area contributed by atoms with Crippen molar-refractivity contribution in [1.82, 2.24) is 4.31 Å². The van der Waals surface area contributed by atoms with E-state index < -0.39 is 22.4 Å². The van der Waals surface area contributed by atoms with E-state index in [1.54, 1.807) is 12.1 Å². The van der Waals surface area contributed by atoms with Crippen LogP contribution in [0.5, 0.6) is 0 Å². The van der Waals surface area contributed by atoms with Gasteiger partial charge >= 0.3 is 5.97 Å². The van der Waals surface area contributed by atoms with E-state index in [2.05, 4.69) is 0 Å². The highest BCUT2D eigenvalue weighted by Gasteiger charge is 2.34. The van der Waals surface area contributed by atoms with E-state index in [1.807, 2.05) is 0 Å². The molecule has 0 aromatic heterocycles. The highest BCUT2D eigenvalue weighted by Crippen LogP contribution is 2.35. The maximum atomic E-state index is 12.1. The minimum absolute atomic E-state index is 0.0286. The molecule has 0 saturated carbocycles. The molecular formula is C11H11NO5S. The molecule has 1 aliphatic heterocycles. The molecular weight excluding hydrogens is 258 g/mol. The van der Waals surface area contributed by atoms with E-state index in [9.17, 15) is 18.3 Å². The number of hydrogen-bond donors (Lipinski definition) is 2. The number of aliphatic hydroxyl groups is 1. The van der Waals surface area contributed by atoms with Crippen LogP contribution >= 0.6 is 0 Å². The van der Waals surface area contributed by atoms with Crippen molar-refractivity contribution < 1.29 is 23.4 Å². The van der Waals surface area contributed by atoms with E-state index in [0.29, 0.717) is 0 Å². The van der Waals surface area contributed by atoms with Crippen LogP contribution < -0.4 is 0 Å². The highest BCUT2D eigenvalue weighted by atomic mass is 32.2. The Morgan fingerprint density at radius 1 is 1.33 bits per heavy atom. The van der Waals surface area contributed by atoms with Crippen LogP contribution in [0.3, 0.4) is 0 Å². The van der Waals surface area contributed by atoms with Crippen molar-refractivity contribution in [1.29, 1.82) is 0 Å². The van der Waals surface area contributed by atoms with Crippen LogP contribution in [0.2, 0.25) is 0 Å². The van der Waals surface area contributed by atoms with Gasteiger partial charge in [-0.2, -0.15) is 0 Å². The topological polar surface area (TPSA) is 94.9 Å². The Hall–Kier alpha value is -2.02. The number of benzene rings is 1. The number of aliphatic hydroxyl groups excluding tert-OH is 1. The van der Waals surface area contributed by atoms with Gasteiger partial charge in [0.2, 0.25) is 0 Å². The van der Waals surface area contributed by atoms with E-state index in [-0.39, 0.29) is 21.9 Å². The first-order valence-corrected chi connectivity index (χ1v) is 6.52. The molecule has 6 nitrogen and oxygen atoms in total. The lowest BCUT2D eigenvalue weighted by Crippen LogP contribution is -2.32. The zero-order valence-corrected chi connectivity index (χ0v) is 10.3. The first-order chi connectivity index (χ1) is 8.35. The number of carboxylic acids is 1. The van der Waals surface area contributed by atoms with Crippen LogP contribution in [-0.4, -0.2) is 36.0 Å². The van der Waals surface area contributed by atoms with Crippen molar-refractivity contribution in [2.24, 2.45) is 0 Å². The molecule has 18 heavy (non-hydrogen) atoms. The third-order valence-electron chi connectivity index (χ3n) is 2.75. The van der Waals surface area contributed by atoms with Gasteiger partial charge in [-0.05, 0) is 12.1 Å². The van der Waals surface area contributed by atoms with E-state index >= 15 is 0 Å². The summed E-state index contributed by atoms with van der Waals surface area (Å²) in [4.78, 5) is 10.7. The lowest BCUT2D eigenvalue weighted by molar-refractivity contribution is -0.136. The third kappa shape index (κ3) is 1.72. The van der Waals surface area contributed by atoms with Gasteiger partial charge in [0.1, 0.15) is 5.76 Å². The number of nitrogens with zero attached hydrogens (tertiary/aromatic N) is 1. The smallest absolute Gasteiger partial charge is 0.309 e. The van der Waals surface area contributed by atoms with Crippen LogP contribution in [0.1, 0.15) is 12.0 Å². The number of rotatable bonds is 2. The minimum atomic E-state index is -3.80. The molecule has 1 aromatic rings. The Morgan fingerprint density at radius 3 is 2.56 bits per heavy atom. The second-order valence-corrected chi connectivity index (χ2v) is 5.77. The molecule has 2 N–H and O–H groups in total. The summed E-state index contributed by atoms with van der Waals surface area (Å²) in [5, 5.41) is 18.7. The SMILES string of the molecule is CN1C(CC(=O)O)=C(O)c2ccccc2S1(=O)=O. The van der Waals surface area contributed by atoms with Gasteiger partial charge in [-0.15, -0.1) is 0 Å². The Labute approximate surface area is 104 Å². The maximum Gasteiger partial charge on any atom is 0.309 e. The van der Waals surface area contributed by atoms with Crippen LogP contribution in [0, 0.1) is 0 Å². The number of sulfonamides is 1. The Morgan fingerprint density at radius 2 is 1.94 bits per heavy atom. The van der Waals surface area contributed by atoms with Crippen molar-refractivity contribution in [3.05, 3.63) is 35.5 Å². The molecule has 0 unspecified atom stereocenters. The summed E-state index contributed by atoms with van der Waals surface area (Å²) in [7, 11) is -2.57. The molecule has 1 aliphatic rings. The molecule has 0 bridgehead atoms. The van der Waals surface area contributed by atoms with Gasteiger partial charge in [-0.3, -0.25) is 9.10 Å². The summed E-state index contributed by atoms with van der Waals surface area (Å²) in [6.45, 7) is 0. The number of fused-ring (bicyclic) bond motifs is 1. The molecule has 2 rings (SSSR count). The Kier molecular flexibility index (Phi) is 2.78. The molecule has 1 heterocycles. The quantitative estimate of drug-likeness (QED) is 0.835. The molecule has 0 atom stereocenters. The minimum Gasteiger partial charge on any atom is -0.505 e. The predicted octanol–water partition coefficient (Wildman–Crippen LogP) is 1.02. The molecule has 0 amide bonds. The van der Waals surface area contributed by atoms with E-state index in [4.69, 9.17) is 5.11 Å². The van der Waals surface area contributed by atoms with Crippen molar-refractivity contribution >= 4 is 21.8 Å². The second kappa shape index (κ2) is 4.02. The summed E-state index contributed by atoms with van der Waals surface area (Å²) < 4.78 is 25.1. The molecule has 96 valence electrons. The number of aliphatic carboxylic acids is 1. The molecule has 0 radical (unpaired) electrons. The largest absolute Gasteiger partial charge is 0.505 e. The Balaban J connectivity index is 2.72. The van der Waals surface area contributed by atoms with E-state index in [0.717, 1.165) is 4.31 Å². The van der Waals surface area contributed by atoms with Crippen LogP contribution in [0.25, 0.3) is 5.76 Å². The summed E-state index contributed by atoms with van der Waals surface area (Å²) in [5.41, 5.74) is -0.00644. The number of carbonyl (C=O) groups is 1. The average Bonchev–Trinajstić information content (AvgIpc) is 2.32. The van der Waals surface area contributed by atoms with Gasteiger partial charge in [0.15, 0.2) is 0 Å². The monoisotopic (exact) mass is 269 g/mol. The van der Waals surface area contributed by atoms with Crippen LogP contribution in [0.15, 0.2) is 34.9 Å². The standard InChI is InChI=1S/C11H11NO5S/c1-12-8(6-10(13)14)11(15)7-4-2-3-5-9(7)18(12,16)17/h2-5,15H,6H2,1H3,(H,13,14). The van der Waals surface area contributed by atoms with Crippen LogP contribution in [-0.2, 0) is 14.8 Å². The van der Waals surface area contributed by atoms with Gasteiger partial charge in [0.25, 0.3) is 10.0 Å².